The smallest absolute Gasteiger partial charge is 0.248 e. The number of rotatable bonds is 4. The summed E-state index contributed by atoms with van der Waals surface area (Å²) in [7, 11) is 2.09. The van der Waals surface area contributed by atoms with Gasteiger partial charge in [0.25, 0.3) is 0 Å². The van der Waals surface area contributed by atoms with Crippen LogP contribution >= 0.6 is 0 Å². The second kappa shape index (κ2) is 5.84. The van der Waals surface area contributed by atoms with E-state index in [9.17, 15) is 4.79 Å². The molecule has 0 aromatic heterocycles. The maximum atomic E-state index is 11.1. The quantitative estimate of drug-likeness (QED) is 0.816. The number of likely N-dealkylation sites (N-methyl/N-ethyl adjacent to an activating group) is 1. The normalized spacial score (nSPS) is 20.6. The summed E-state index contributed by atoms with van der Waals surface area (Å²) >= 11 is 0. The Hall–Kier alpha value is -1.59. The van der Waals surface area contributed by atoms with Crippen molar-refractivity contribution in [1.82, 2.24) is 4.90 Å². The molecule has 0 spiro atoms. The van der Waals surface area contributed by atoms with Gasteiger partial charge in [-0.05, 0) is 25.2 Å². The Kier molecular flexibility index (Phi) is 4.17. The van der Waals surface area contributed by atoms with Crippen molar-refractivity contribution in [3.05, 3.63) is 29.8 Å². The highest BCUT2D eigenvalue weighted by Gasteiger charge is 2.17. The van der Waals surface area contributed by atoms with Crippen molar-refractivity contribution in [3.63, 3.8) is 0 Å². The van der Waals surface area contributed by atoms with Gasteiger partial charge in [0.15, 0.2) is 0 Å². The van der Waals surface area contributed by atoms with Crippen molar-refractivity contribution in [3.8, 4) is 0 Å². The van der Waals surface area contributed by atoms with Gasteiger partial charge in [-0.2, -0.15) is 0 Å². The van der Waals surface area contributed by atoms with Gasteiger partial charge in [-0.15, -0.1) is 0 Å². The standard InChI is InChI=1S/C13H19N3O2/c1-16-5-6-18-12(9-16)8-15-11-4-2-3-10(7-11)13(14)17/h2-4,7,12,15H,5-6,8-9H2,1H3,(H2,14,17). The Morgan fingerprint density at radius 2 is 2.44 bits per heavy atom. The molecular formula is C13H19N3O2. The van der Waals surface area contributed by atoms with Crippen LogP contribution in [0.1, 0.15) is 10.4 Å². The molecule has 1 aliphatic heterocycles. The van der Waals surface area contributed by atoms with Gasteiger partial charge in [-0.3, -0.25) is 4.79 Å². The van der Waals surface area contributed by atoms with Gasteiger partial charge in [0.2, 0.25) is 5.91 Å². The van der Waals surface area contributed by atoms with Gasteiger partial charge in [0.1, 0.15) is 0 Å². The monoisotopic (exact) mass is 249 g/mol. The third kappa shape index (κ3) is 3.45. The van der Waals surface area contributed by atoms with Gasteiger partial charge in [0.05, 0.1) is 12.7 Å². The number of ether oxygens (including phenoxy) is 1. The van der Waals surface area contributed by atoms with Crippen LogP contribution in [0.2, 0.25) is 0 Å². The number of hydrogen-bond donors (Lipinski definition) is 2. The third-order valence-electron chi connectivity index (χ3n) is 3.02. The Bertz CT molecular complexity index is 422. The van der Waals surface area contributed by atoms with Crippen molar-refractivity contribution < 1.29 is 9.53 Å². The Morgan fingerprint density at radius 1 is 1.61 bits per heavy atom. The zero-order valence-electron chi connectivity index (χ0n) is 10.6. The Morgan fingerprint density at radius 3 is 3.17 bits per heavy atom. The SMILES string of the molecule is CN1CCOC(CNc2cccc(C(N)=O)c2)C1. The first kappa shape index (κ1) is 12.9. The van der Waals surface area contributed by atoms with Crippen molar-refractivity contribution >= 4 is 11.6 Å². The number of morpholine rings is 1. The van der Waals surface area contributed by atoms with Crippen molar-refractivity contribution in [2.75, 3.05) is 38.6 Å². The zero-order valence-corrected chi connectivity index (χ0v) is 10.6. The van der Waals surface area contributed by atoms with Crippen LogP contribution < -0.4 is 11.1 Å². The van der Waals surface area contributed by atoms with E-state index in [1.165, 1.54) is 0 Å². The number of nitrogens with one attached hydrogen (secondary N) is 1. The highest BCUT2D eigenvalue weighted by Crippen LogP contribution is 2.11. The summed E-state index contributed by atoms with van der Waals surface area (Å²) in [5.41, 5.74) is 6.65. The van der Waals surface area contributed by atoms with Crippen LogP contribution in [0.5, 0.6) is 0 Å². The van der Waals surface area contributed by atoms with E-state index in [1.54, 1.807) is 12.1 Å². The average molecular weight is 249 g/mol. The molecule has 5 nitrogen and oxygen atoms in total. The third-order valence-corrected chi connectivity index (χ3v) is 3.02. The lowest BCUT2D eigenvalue weighted by Crippen LogP contribution is -2.43. The van der Waals surface area contributed by atoms with Crippen LogP contribution in [0.25, 0.3) is 0 Å². The number of nitrogens with two attached hydrogens (primary N) is 1. The molecule has 1 fully saturated rings. The van der Waals surface area contributed by atoms with Gasteiger partial charge < -0.3 is 20.7 Å². The first-order chi connectivity index (χ1) is 8.65. The number of amides is 1. The molecule has 1 heterocycles. The van der Waals surface area contributed by atoms with E-state index >= 15 is 0 Å². The first-order valence-electron chi connectivity index (χ1n) is 6.09. The maximum Gasteiger partial charge on any atom is 0.248 e. The Balaban J connectivity index is 1.89. The highest BCUT2D eigenvalue weighted by molar-refractivity contribution is 5.93. The van der Waals surface area contributed by atoms with Crippen molar-refractivity contribution in [2.45, 2.75) is 6.10 Å². The van der Waals surface area contributed by atoms with Crippen LogP contribution in [0, 0.1) is 0 Å². The van der Waals surface area contributed by atoms with E-state index in [1.807, 2.05) is 12.1 Å². The molecule has 1 atom stereocenters. The largest absolute Gasteiger partial charge is 0.382 e. The molecule has 2 rings (SSSR count). The second-order valence-electron chi connectivity index (χ2n) is 4.58. The topological polar surface area (TPSA) is 67.6 Å². The minimum absolute atomic E-state index is 0.181. The number of nitrogens with zero attached hydrogens (tertiary/aromatic N) is 1. The molecule has 1 saturated heterocycles. The van der Waals surface area contributed by atoms with E-state index in [0.29, 0.717) is 5.56 Å². The number of carbonyl (C=O) groups is 1. The molecular weight excluding hydrogens is 230 g/mol. The zero-order chi connectivity index (χ0) is 13.0. The van der Waals surface area contributed by atoms with Crippen LogP contribution in [0.3, 0.4) is 0 Å². The second-order valence-corrected chi connectivity index (χ2v) is 4.58. The summed E-state index contributed by atoms with van der Waals surface area (Å²) in [5, 5.41) is 3.27. The minimum Gasteiger partial charge on any atom is -0.382 e. The number of primary amides is 1. The molecule has 3 N–H and O–H groups in total. The van der Waals surface area contributed by atoms with E-state index in [4.69, 9.17) is 10.5 Å². The van der Waals surface area contributed by atoms with E-state index in [-0.39, 0.29) is 6.10 Å². The molecule has 18 heavy (non-hydrogen) atoms. The molecule has 1 unspecified atom stereocenters. The van der Waals surface area contributed by atoms with Crippen LogP contribution in [-0.2, 0) is 4.74 Å². The van der Waals surface area contributed by atoms with Crippen LogP contribution in [0.4, 0.5) is 5.69 Å². The summed E-state index contributed by atoms with van der Waals surface area (Å²) in [6.07, 6.45) is 0.181. The van der Waals surface area contributed by atoms with Crippen molar-refractivity contribution in [1.29, 1.82) is 0 Å². The number of anilines is 1. The van der Waals surface area contributed by atoms with E-state index in [0.717, 1.165) is 31.9 Å². The summed E-state index contributed by atoms with van der Waals surface area (Å²) in [6, 6.07) is 7.20. The van der Waals surface area contributed by atoms with Gasteiger partial charge in [-0.25, -0.2) is 0 Å². The van der Waals surface area contributed by atoms with E-state index < -0.39 is 5.91 Å². The number of hydrogen-bond acceptors (Lipinski definition) is 4. The molecule has 0 radical (unpaired) electrons. The number of benzene rings is 1. The highest BCUT2D eigenvalue weighted by atomic mass is 16.5. The van der Waals surface area contributed by atoms with Gasteiger partial charge in [-0.1, -0.05) is 6.07 Å². The predicted octanol–water partition coefficient (Wildman–Crippen LogP) is 0.528. The molecule has 1 aromatic carbocycles. The van der Waals surface area contributed by atoms with Crippen molar-refractivity contribution in [2.24, 2.45) is 5.73 Å². The fourth-order valence-corrected chi connectivity index (χ4v) is 2.00. The first-order valence-corrected chi connectivity index (χ1v) is 6.09. The van der Waals surface area contributed by atoms with Gasteiger partial charge >= 0.3 is 0 Å². The molecule has 0 saturated carbocycles. The summed E-state index contributed by atoms with van der Waals surface area (Å²) in [6.45, 7) is 3.40. The molecule has 5 heteroatoms. The molecule has 0 bridgehead atoms. The predicted molar refractivity (Wildman–Crippen MR) is 70.7 cm³/mol. The molecule has 98 valence electrons. The lowest BCUT2D eigenvalue weighted by Gasteiger charge is -2.30. The molecule has 1 aromatic rings. The van der Waals surface area contributed by atoms with Gasteiger partial charge in [0, 0.05) is 30.9 Å². The number of carbonyl (C=O) groups excluding carboxylic acids is 1. The average Bonchev–Trinajstić information content (AvgIpc) is 2.37. The van der Waals surface area contributed by atoms with Crippen LogP contribution in [-0.4, -0.2) is 50.2 Å². The molecule has 1 amide bonds. The summed E-state index contributed by atoms with van der Waals surface area (Å²) < 4.78 is 5.65. The summed E-state index contributed by atoms with van der Waals surface area (Å²) in [5.74, 6) is -0.410. The van der Waals surface area contributed by atoms with E-state index in [2.05, 4.69) is 17.3 Å². The summed E-state index contributed by atoms with van der Waals surface area (Å²) in [4.78, 5) is 13.3. The fraction of sp³-hybridized carbons (Fsp3) is 0.462. The molecule has 0 aliphatic carbocycles. The maximum absolute atomic E-state index is 11.1. The van der Waals surface area contributed by atoms with Crippen LogP contribution in [0.15, 0.2) is 24.3 Å². The minimum atomic E-state index is -0.410. The molecule has 1 aliphatic rings. The Labute approximate surface area is 107 Å². The lowest BCUT2D eigenvalue weighted by atomic mass is 10.2. The lowest BCUT2D eigenvalue weighted by molar-refractivity contribution is -0.0117. The fourth-order valence-electron chi connectivity index (χ4n) is 2.00.